The summed E-state index contributed by atoms with van der Waals surface area (Å²) in [4.78, 5) is 29.9. The summed E-state index contributed by atoms with van der Waals surface area (Å²) in [5.74, 6) is -0.780. The van der Waals surface area contributed by atoms with Crippen LogP contribution in [-0.4, -0.2) is 29.8 Å². The van der Waals surface area contributed by atoms with Crippen molar-refractivity contribution >= 4 is 28.7 Å². The lowest BCUT2D eigenvalue weighted by molar-refractivity contribution is -0.114. The molecule has 2 aliphatic rings. The zero-order valence-corrected chi connectivity index (χ0v) is 13.8. The topological polar surface area (TPSA) is 40.6 Å². The minimum Gasteiger partial charge on any atom is -0.291 e. The summed E-state index contributed by atoms with van der Waals surface area (Å²) in [6.07, 6.45) is 2.23. The molecule has 0 bridgehead atoms. The lowest BCUT2D eigenvalue weighted by Crippen LogP contribution is -2.40. The Morgan fingerprint density at radius 3 is 2.91 bits per heavy atom. The Morgan fingerprint density at radius 2 is 2.13 bits per heavy atom. The van der Waals surface area contributed by atoms with Gasteiger partial charge in [0, 0.05) is 17.5 Å². The van der Waals surface area contributed by atoms with Gasteiger partial charge in [-0.1, -0.05) is 17.7 Å². The summed E-state index contributed by atoms with van der Waals surface area (Å²) in [5.41, 5.74) is 2.30. The summed E-state index contributed by atoms with van der Waals surface area (Å²) in [6.45, 7) is 3.39. The van der Waals surface area contributed by atoms with E-state index in [2.05, 4.69) is 22.4 Å². The van der Waals surface area contributed by atoms with E-state index in [0.29, 0.717) is 18.3 Å². The summed E-state index contributed by atoms with van der Waals surface area (Å²) >= 11 is 1.76. The van der Waals surface area contributed by atoms with Crippen molar-refractivity contribution in [2.45, 2.75) is 25.8 Å². The number of hydrogen-bond acceptors (Lipinski definition) is 4. The first-order chi connectivity index (χ1) is 11.1. The van der Waals surface area contributed by atoms with Gasteiger partial charge in [-0.15, -0.1) is 11.3 Å². The first kappa shape index (κ1) is 14.6. The Balaban J connectivity index is 1.62. The predicted molar refractivity (Wildman–Crippen MR) is 90.9 cm³/mol. The second kappa shape index (κ2) is 5.58. The van der Waals surface area contributed by atoms with Crippen LogP contribution < -0.4 is 4.90 Å². The van der Waals surface area contributed by atoms with Crippen LogP contribution in [0.4, 0.5) is 5.69 Å². The van der Waals surface area contributed by atoms with Gasteiger partial charge in [0.2, 0.25) is 0 Å². The molecule has 23 heavy (non-hydrogen) atoms. The molecule has 0 aliphatic carbocycles. The largest absolute Gasteiger partial charge is 0.300 e. The molecule has 2 aromatic rings. The molecule has 0 N–H and O–H groups in total. The van der Waals surface area contributed by atoms with Gasteiger partial charge in [0.15, 0.2) is 0 Å². The van der Waals surface area contributed by atoms with Gasteiger partial charge in [0.25, 0.3) is 5.78 Å². The highest BCUT2D eigenvalue weighted by Crippen LogP contribution is 2.37. The van der Waals surface area contributed by atoms with Crippen molar-refractivity contribution in [2.75, 3.05) is 18.1 Å². The fourth-order valence-electron chi connectivity index (χ4n) is 3.53. The molecular weight excluding hydrogens is 308 g/mol. The van der Waals surface area contributed by atoms with Crippen molar-refractivity contribution in [3.05, 3.63) is 51.7 Å². The number of benzene rings is 1. The van der Waals surface area contributed by atoms with E-state index in [1.54, 1.807) is 16.2 Å². The molecule has 1 amide bonds. The van der Waals surface area contributed by atoms with Crippen LogP contribution >= 0.6 is 11.3 Å². The van der Waals surface area contributed by atoms with E-state index >= 15 is 0 Å². The van der Waals surface area contributed by atoms with Crippen LogP contribution in [0.1, 0.15) is 39.7 Å². The van der Waals surface area contributed by atoms with Crippen molar-refractivity contribution in [3.8, 4) is 0 Å². The van der Waals surface area contributed by atoms with Crippen LogP contribution in [0.25, 0.3) is 0 Å². The van der Waals surface area contributed by atoms with Gasteiger partial charge in [0.05, 0.1) is 17.9 Å². The predicted octanol–water partition coefficient (Wildman–Crippen LogP) is 3.38. The smallest absolute Gasteiger partial charge is 0.291 e. The van der Waals surface area contributed by atoms with Crippen LogP contribution in [0.5, 0.6) is 0 Å². The molecule has 4 rings (SSSR count). The highest BCUT2D eigenvalue weighted by atomic mass is 32.1. The van der Waals surface area contributed by atoms with Crippen molar-refractivity contribution < 1.29 is 9.59 Å². The number of carbonyl (C=O) groups is 2. The molecule has 2 aliphatic heterocycles. The van der Waals surface area contributed by atoms with E-state index in [0.717, 1.165) is 30.6 Å². The first-order valence-corrected chi connectivity index (χ1v) is 8.77. The summed E-state index contributed by atoms with van der Waals surface area (Å²) in [5, 5.41) is 2.09. The van der Waals surface area contributed by atoms with Gasteiger partial charge in [-0.3, -0.25) is 19.4 Å². The number of amides is 1. The minimum atomic E-state index is -0.401. The molecule has 1 fully saturated rings. The molecule has 0 spiro atoms. The maximum absolute atomic E-state index is 12.4. The molecule has 0 radical (unpaired) electrons. The van der Waals surface area contributed by atoms with Crippen LogP contribution in [0.15, 0.2) is 35.7 Å². The average molecular weight is 326 g/mol. The van der Waals surface area contributed by atoms with Gasteiger partial charge in [-0.05, 0) is 43.3 Å². The molecule has 1 saturated heterocycles. The number of fused-ring (bicyclic) bond motifs is 1. The summed E-state index contributed by atoms with van der Waals surface area (Å²) in [7, 11) is 0. The third-order valence-corrected chi connectivity index (χ3v) is 5.66. The lowest BCUT2D eigenvalue weighted by Gasteiger charge is -2.28. The zero-order valence-electron chi connectivity index (χ0n) is 13.0. The second-order valence-electron chi connectivity index (χ2n) is 6.21. The standard InChI is InChI=1S/C18H18N2O2S/c1-12-6-7-14-13(10-12)17(21)18(22)20(14)11-19-8-2-4-15(19)16-5-3-9-23-16/h3,5-7,9-10,15H,2,4,8,11H2,1H3/t15-/m0/s1. The van der Waals surface area contributed by atoms with Crippen molar-refractivity contribution in [3.63, 3.8) is 0 Å². The highest BCUT2D eigenvalue weighted by molar-refractivity contribution is 7.10. The fourth-order valence-corrected chi connectivity index (χ4v) is 4.43. The van der Waals surface area contributed by atoms with Gasteiger partial charge < -0.3 is 0 Å². The van der Waals surface area contributed by atoms with E-state index < -0.39 is 5.91 Å². The number of Topliss-reactive ketones (excluding diaryl/α,β-unsaturated/α-hetero) is 1. The van der Waals surface area contributed by atoms with E-state index in [1.165, 1.54) is 4.88 Å². The minimum absolute atomic E-state index is 0.354. The van der Waals surface area contributed by atoms with Crippen molar-refractivity contribution in [2.24, 2.45) is 0 Å². The maximum Gasteiger partial charge on any atom is 0.300 e. The normalized spacial score (nSPS) is 21.3. The van der Waals surface area contributed by atoms with Crippen LogP contribution in [0.3, 0.4) is 0 Å². The molecule has 4 nitrogen and oxygen atoms in total. The Morgan fingerprint density at radius 1 is 1.26 bits per heavy atom. The molecule has 1 atom stereocenters. The van der Waals surface area contributed by atoms with Gasteiger partial charge in [-0.2, -0.15) is 0 Å². The molecule has 0 saturated carbocycles. The number of aryl methyl sites for hydroxylation is 1. The Labute approximate surface area is 139 Å². The van der Waals surface area contributed by atoms with Gasteiger partial charge in [-0.25, -0.2) is 0 Å². The van der Waals surface area contributed by atoms with E-state index in [1.807, 2.05) is 25.1 Å². The number of anilines is 1. The molecular formula is C18H18N2O2S. The number of hydrogen-bond donors (Lipinski definition) is 0. The van der Waals surface area contributed by atoms with E-state index in [-0.39, 0.29) is 5.78 Å². The lowest BCUT2D eigenvalue weighted by atomic mass is 10.1. The van der Waals surface area contributed by atoms with Crippen molar-refractivity contribution in [1.82, 2.24) is 4.90 Å². The molecule has 0 unspecified atom stereocenters. The fraction of sp³-hybridized carbons (Fsp3) is 0.333. The quantitative estimate of drug-likeness (QED) is 0.812. The number of carbonyl (C=O) groups excluding carboxylic acids is 2. The molecule has 1 aromatic heterocycles. The highest BCUT2D eigenvalue weighted by Gasteiger charge is 2.38. The zero-order chi connectivity index (χ0) is 16.0. The SMILES string of the molecule is Cc1ccc2c(c1)C(=O)C(=O)N2CN1CCC[C@H]1c1cccs1. The van der Waals surface area contributed by atoms with Gasteiger partial charge >= 0.3 is 5.91 Å². The van der Waals surface area contributed by atoms with E-state index in [9.17, 15) is 9.59 Å². The monoisotopic (exact) mass is 326 g/mol. The Hall–Kier alpha value is -1.98. The number of thiophene rings is 1. The van der Waals surface area contributed by atoms with Crippen LogP contribution in [0, 0.1) is 6.92 Å². The number of ketones is 1. The number of nitrogens with zero attached hydrogens (tertiary/aromatic N) is 2. The number of rotatable bonds is 3. The molecule has 5 heteroatoms. The van der Waals surface area contributed by atoms with Crippen molar-refractivity contribution in [1.29, 1.82) is 0 Å². The third kappa shape index (κ3) is 2.40. The number of likely N-dealkylation sites (tertiary alicyclic amines) is 1. The van der Waals surface area contributed by atoms with E-state index in [4.69, 9.17) is 0 Å². The Bertz CT molecular complexity index is 769. The van der Waals surface area contributed by atoms with Crippen LogP contribution in [0.2, 0.25) is 0 Å². The van der Waals surface area contributed by atoms with Gasteiger partial charge in [0.1, 0.15) is 0 Å². The Kier molecular flexibility index (Phi) is 3.54. The maximum atomic E-state index is 12.4. The molecule has 3 heterocycles. The average Bonchev–Trinajstić information content (AvgIpc) is 3.25. The second-order valence-corrected chi connectivity index (χ2v) is 7.19. The molecule has 1 aromatic carbocycles. The summed E-state index contributed by atoms with van der Waals surface area (Å²) in [6, 6.07) is 10.2. The van der Waals surface area contributed by atoms with Crippen LogP contribution in [-0.2, 0) is 4.79 Å². The first-order valence-electron chi connectivity index (χ1n) is 7.89. The third-order valence-electron chi connectivity index (χ3n) is 4.69. The summed E-state index contributed by atoms with van der Waals surface area (Å²) < 4.78 is 0. The molecule has 118 valence electrons.